The Morgan fingerprint density at radius 1 is 1.50 bits per heavy atom. The number of nitrogens with zero attached hydrogens (tertiary/aromatic N) is 2. The van der Waals surface area contributed by atoms with Gasteiger partial charge in [-0.1, -0.05) is 18.2 Å². The highest BCUT2D eigenvalue weighted by atomic mass is 16.6. The summed E-state index contributed by atoms with van der Waals surface area (Å²) < 4.78 is 5.40. The van der Waals surface area contributed by atoms with Crippen LogP contribution in [0.25, 0.3) is 6.08 Å². The van der Waals surface area contributed by atoms with Gasteiger partial charge in [0.15, 0.2) is 0 Å². The molecule has 0 aromatic heterocycles. The fourth-order valence-corrected chi connectivity index (χ4v) is 2.31. The predicted molar refractivity (Wildman–Crippen MR) is 87.8 cm³/mol. The molecule has 1 N–H and O–H groups in total. The van der Waals surface area contributed by atoms with Gasteiger partial charge in [-0.3, -0.25) is 14.9 Å². The third-order valence-corrected chi connectivity index (χ3v) is 3.55. The van der Waals surface area contributed by atoms with E-state index in [9.17, 15) is 14.9 Å². The van der Waals surface area contributed by atoms with Gasteiger partial charge in [0, 0.05) is 19.2 Å². The van der Waals surface area contributed by atoms with Gasteiger partial charge in [-0.2, -0.15) is 5.26 Å². The Hall–Kier alpha value is -2.98. The van der Waals surface area contributed by atoms with Crippen LogP contribution in [0.5, 0.6) is 0 Å². The highest BCUT2D eigenvalue weighted by Crippen LogP contribution is 2.19. The maximum atomic E-state index is 11.9. The monoisotopic (exact) mass is 327 g/mol. The van der Waals surface area contributed by atoms with Crippen LogP contribution in [0.4, 0.5) is 5.69 Å². The normalized spacial score (nSPS) is 17.6. The zero-order valence-electron chi connectivity index (χ0n) is 13.0. The first kappa shape index (κ1) is 17.4. The van der Waals surface area contributed by atoms with E-state index in [4.69, 9.17) is 10.00 Å². The molecular weight excluding hydrogens is 310 g/mol. The Morgan fingerprint density at radius 3 is 2.96 bits per heavy atom. The Morgan fingerprint density at radius 2 is 2.29 bits per heavy atom. The summed E-state index contributed by atoms with van der Waals surface area (Å²) >= 11 is 0. The summed E-state index contributed by atoms with van der Waals surface area (Å²) in [5.41, 5.74) is 0.294. The van der Waals surface area contributed by atoms with Crippen LogP contribution in [0.2, 0.25) is 0 Å². The number of nitrogens with one attached hydrogen (secondary N) is 1. The molecule has 1 aliphatic heterocycles. The third kappa shape index (κ3) is 4.76. The number of hydrogen-bond donors (Lipinski definition) is 1. The maximum absolute atomic E-state index is 11.9. The van der Waals surface area contributed by atoms with Crippen molar-refractivity contribution in [2.75, 3.05) is 13.2 Å². The van der Waals surface area contributed by atoms with Crippen molar-refractivity contribution in [1.29, 1.82) is 5.26 Å². The number of benzene rings is 1. The average Bonchev–Trinajstić information content (AvgIpc) is 3.10. The summed E-state index contributed by atoms with van der Waals surface area (Å²) in [5, 5.41) is 22.7. The molecule has 7 heteroatoms. The molecule has 0 bridgehead atoms. The molecule has 1 aromatic rings. The van der Waals surface area contributed by atoms with Gasteiger partial charge in [0.25, 0.3) is 11.6 Å². The SMILES string of the molecule is N#C/C(=C\C=C\c1ccccc1[N+](=O)[O-])C(=O)NC[C@@H]1CCCO1. The Balaban J connectivity index is 2.01. The van der Waals surface area contributed by atoms with Crippen molar-refractivity contribution in [1.82, 2.24) is 5.32 Å². The van der Waals surface area contributed by atoms with Crippen LogP contribution in [0.3, 0.4) is 0 Å². The molecule has 0 aliphatic carbocycles. The number of nitriles is 1. The Kier molecular flexibility index (Phi) is 6.23. The second-order valence-electron chi connectivity index (χ2n) is 5.21. The predicted octanol–water partition coefficient (Wildman–Crippen LogP) is 2.35. The van der Waals surface area contributed by atoms with Gasteiger partial charge in [-0.25, -0.2) is 0 Å². The van der Waals surface area contributed by atoms with E-state index in [0.29, 0.717) is 18.7 Å². The van der Waals surface area contributed by atoms with Crippen LogP contribution in [0, 0.1) is 21.4 Å². The zero-order chi connectivity index (χ0) is 17.4. The molecule has 0 saturated carbocycles. The van der Waals surface area contributed by atoms with Gasteiger partial charge < -0.3 is 10.1 Å². The van der Waals surface area contributed by atoms with Crippen LogP contribution in [-0.4, -0.2) is 30.1 Å². The largest absolute Gasteiger partial charge is 0.376 e. The molecule has 1 aliphatic rings. The molecule has 24 heavy (non-hydrogen) atoms. The van der Waals surface area contributed by atoms with Crippen molar-refractivity contribution in [2.24, 2.45) is 0 Å². The number of nitro benzene ring substituents is 1. The van der Waals surface area contributed by atoms with Gasteiger partial charge in [0.2, 0.25) is 0 Å². The first-order valence-electron chi connectivity index (χ1n) is 7.53. The van der Waals surface area contributed by atoms with Crippen molar-refractivity contribution in [3.05, 3.63) is 57.7 Å². The summed E-state index contributed by atoms with van der Waals surface area (Å²) in [4.78, 5) is 22.4. The van der Waals surface area contributed by atoms with E-state index in [1.807, 2.05) is 6.07 Å². The Labute approximate surface area is 139 Å². The highest BCUT2D eigenvalue weighted by Gasteiger charge is 2.17. The number of nitro groups is 1. The van der Waals surface area contributed by atoms with Gasteiger partial charge >= 0.3 is 0 Å². The van der Waals surface area contributed by atoms with Crippen LogP contribution in [0.1, 0.15) is 18.4 Å². The molecule has 0 radical (unpaired) electrons. The van der Waals surface area contributed by atoms with Crippen molar-refractivity contribution < 1.29 is 14.5 Å². The van der Waals surface area contributed by atoms with E-state index in [2.05, 4.69) is 5.32 Å². The molecule has 0 spiro atoms. The number of hydrogen-bond acceptors (Lipinski definition) is 5. The van der Waals surface area contributed by atoms with Crippen LogP contribution >= 0.6 is 0 Å². The van der Waals surface area contributed by atoms with E-state index in [0.717, 1.165) is 12.8 Å². The zero-order valence-corrected chi connectivity index (χ0v) is 13.0. The second kappa shape index (κ2) is 8.60. The van der Waals surface area contributed by atoms with Crippen molar-refractivity contribution in [2.45, 2.75) is 18.9 Å². The molecule has 1 aromatic carbocycles. The van der Waals surface area contributed by atoms with E-state index in [-0.39, 0.29) is 17.4 Å². The molecule has 1 atom stereocenters. The van der Waals surface area contributed by atoms with Crippen LogP contribution in [-0.2, 0) is 9.53 Å². The number of ether oxygens (including phenoxy) is 1. The first-order valence-corrected chi connectivity index (χ1v) is 7.53. The molecule has 1 fully saturated rings. The third-order valence-electron chi connectivity index (χ3n) is 3.55. The fourth-order valence-electron chi connectivity index (χ4n) is 2.31. The van der Waals surface area contributed by atoms with Gasteiger partial charge in [-0.05, 0) is 31.1 Å². The van der Waals surface area contributed by atoms with E-state index >= 15 is 0 Å². The van der Waals surface area contributed by atoms with Crippen molar-refractivity contribution in [3.63, 3.8) is 0 Å². The molecule has 124 valence electrons. The number of allylic oxidation sites excluding steroid dienone is 2. The minimum Gasteiger partial charge on any atom is -0.376 e. The molecule has 1 saturated heterocycles. The second-order valence-corrected chi connectivity index (χ2v) is 5.21. The minimum absolute atomic E-state index is 0.00333. The molecule has 1 heterocycles. The number of para-hydroxylation sites is 1. The summed E-state index contributed by atoms with van der Waals surface area (Å²) in [6.07, 6.45) is 6.14. The Bertz CT molecular complexity index is 713. The van der Waals surface area contributed by atoms with E-state index in [1.165, 1.54) is 24.3 Å². The first-order chi connectivity index (χ1) is 11.6. The number of rotatable bonds is 6. The molecule has 7 nitrogen and oxygen atoms in total. The summed E-state index contributed by atoms with van der Waals surface area (Å²) in [5.74, 6) is -0.486. The quantitative estimate of drug-likeness (QED) is 0.284. The van der Waals surface area contributed by atoms with Crippen molar-refractivity contribution >= 4 is 17.7 Å². The molecule has 0 unspecified atom stereocenters. The van der Waals surface area contributed by atoms with E-state index in [1.54, 1.807) is 18.2 Å². The van der Waals surface area contributed by atoms with Gasteiger partial charge in [0.1, 0.15) is 11.6 Å². The summed E-state index contributed by atoms with van der Waals surface area (Å²) in [7, 11) is 0. The van der Waals surface area contributed by atoms with Gasteiger partial charge in [0.05, 0.1) is 16.6 Å². The lowest BCUT2D eigenvalue weighted by molar-refractivity contribution is -0.385. The van der Waals surface area contributed by atoms with Gasteiger partial charge in [-0.15, -0.1) is 0 Å². The van der Waals surface area contributed by atoms with E-state index < -0.39 is 10.8 Å². The minimum atomic E-state index is -0.486. The van der Waals surface area contributed by atoms with Crippen LogP contribution < -0.4 is 5.32 Å². The highest BCUT2D eigenvalue weighted by molar-refractivity contribution is 5.97. The smallest absolute Gasteiger partial charge is 0.276 e. The lowest BCUT2D eigenvalue weighted by Gasteiger charge is -2.09. The molecule has 1 amide bonds. The van der Waals surface area contributed by atoms with Crippen molar-refractivity contribution in [3.8, 4) is 6.07 Å². The lowest BCUT2D eigenvalue weighted by Crippen LogP contribution is -2.32. The summed E-state index contributed by atoms with van der Waals surface area (Å²) in [6, 6.07) is 8.06. The lowest BCUT2D eigenvalue weighted by atomic mass is 10.1. The molecular formula is C17H17N3O4. The maximum Gasteiger partial charge on any atom is 0.276 e. The number of carbonyl (C=O) groups excluding carboxylic acids is 1. The average molecular weight is 327 g/mol. The fraction of sp³-hybridized carbons (Fsp3) is 0.294. The standard InChI is InChI=1S/C17H17N3O4/c18-11-14(17(21)19-12-15-8-4-10-24-15)7-3-6-13-5-1-2-9-16(13)20(22)23/h1-3,5-7,9,15H,4,8,10,12H2,(H,19,21)/b6-3+,14-7+/t15-/m0/s1. The van der Waals surface area contributed by atoms with Crippen LogP contribution in [0.15, 0.2) is 42.0 Å². The topological polar surface area (TPSA) is 105 Å². The number of carbonyl (C=O) groups is 1. The number of amides is 1. The summed E-state index contributed by atoms with van der Waals surface area (Å²) in [6.45, 7) is 1.06. The molecule has 2 rings (SSSR count).